The van der Waals surface area contributed by atoms with Gasteiger partial charge >= 0.3 is 0 Å². The molecule has 0 aromatic carbocycles. The molecular weight excluding hydrogens is 258 g/mol. The molecule has 0 saturated carbocycles. The predicted octanol–water partition coefficient (Wildman–Crippen LogP) is 1.82. The van der Waals surface area contributed by atoms with E-state index in [0.29, 0.717) is 11.2 Å². The summed E-state index contributed by atoms with van der Waals surface area (Å²) in [7, 11) is 4.20. The van der Waals surface area contributed by atoms with Gasteiger partial charge in [-0.2, -0.15) is 0 Å². The summed E-state index contributed by atoms with van der Waals surface area (Å²) < 4.78 is 0. The molecule has 0 amide bonds. The molecule has 1 aliphatic heterocycles. The highest BCUT2D eigenvalue weighted by Crippen LogP contribution is 2.31. The molecule has 1 aliphatic rings. The third-order valence-corrected chi connectivity index (χ3v) is 4.79. The summed E-state index contributed by atoms with van der Waals surface area (Å²) in [5, 5.41) is 10.5. The average molecular weight is 276 g/mol. The Labute approximate surface area is 111 Å². The van der Waals surface area contributed by atoms with Gasteiger partial charge in [0.25, 0.3) is 0 Å². The zero-order valence-electron chi connectivity index (χ0n) is 10.2. The molecule has 1 aromatic rings. The molecule has 1 aromatic heterocycles. The maximum atomic E-state index is 9.13. The van der Waals surface area contributed by atoms with Crippen molar-refractivity contribution >= 4 is 28.1 Å². The molecule has 1 unspecified atom stereocenters. The highest BCUT2D eigenvalue weighted by molar-refractivity contribution is 7.16. The number of rotatable bonds is 3. The van der Waals surface area contributed by atoms with Crippen molar-refractivity contribution in [2.24, 2.45) is 0 Å². The molecular formula is C11H18ClN3OS. The minimum Gasteiger partial charge on any atom is -0.391 e. The number of halogens is 1. The van der Waals surface area contributed by atoms with Crippen molar-refractivity contribution in [2.75, 3.05) is 32.1 Å². The lowest BCUT2D eigenvalue weighted by Crippen LogP contribution is -2.45. The summed E-state index contributed by atoms with van der Waals surface area (Å²) in [5.74, 6) is 0. The number of likely N-dealkylation sites (tertiary alicyclic amines) is 1. The molecule has 17 heavy (non-hydrogen) atoms. The minimum atomic E-state index is -0.0328. The first-order chi connectivity index (χ1) is 8.11. The van der Waals surface area contributed by atoms with E-state index in [-0.39, 0.29) is 6.61 Å². The molecule has 2 rings (SSSR count). The fourth-order valence-electron chi connectivity index (χ4n) is 2.18. The standard InChI is InChI=1S/C11H18ClN3OS/c1-14-5-3-4-8(6-14)15(2)11-13-10(12)9(7-16)17-11/h8,16H,3-7H2,1-2H3. The van der Waals surface area contributed by atoms with Gasteiger partial charge in [-0.15, -0.1) is 0 Å². The van der Waals surface area contributed by atoms with Crippen LogP contribution in [0, 0.1) is 0 Å². The Kier molecular flexibility index (Phi) is 4.25. The lowest BCUT2D eigenvalue weighted by atomic mass is 10.1. The Morgan fingerprint density at radius 1 is 1.65 bits per heavy atom. The lowest BCUT2D eigenvalue weighted by molar-refractivity contribution is 0.248. The summed E-state index contributed by atoms with van der Waals surface area (Å²) in [6.45, 7) is 2.20. The fourth-order valence-corrected chi connectivity index (χ4v) is 3.33. The second-order valence-electron chi connectivity index (χ2n) is 4.54. The quantitative estimate of drug-likeness (QED) is 0.913. The fraction of sp³-hybridized carbons (Fsp3) is 0.727. The van der Waals surface area contributed by atoms with Crippen LogP contribution in [0.1, 0.15) is 17.7 Å². The van der Waals surface area contributed by atoms with Crippen molar-refractivity contribution in [1.29, 1.82) is 0 Å². The first-order valence-electron chi connectivity index (χ1n) is 5.79. The molecule has 96 valence electrons. The van der Waals surface area contributed by atoms with E-state index in [4.69, 9.17) is 16.7 Å². The van der Waals surface area contributed by atoms with E-state index in [9.17, 15) is 0 Å². The zero-order valence-corrected chi connectivity index (χ0v) is 11.8. The molecule has 0 spiro atoms. The van der Waals surface area contributed by atoms with Crippen molar-refractivity contribution < 1.29 is 5.11 Å². The Morgan fingerprint density at radius 3 is 3.00 bits per heavy atom. The number of hydrogen-bond acceptors (Lipinski definition) is 5. The van der Waals surface area contributed by atoms with Crippen LogP contribution in [0.25, 0.3) is 0 Å². The van der Waals surface area contributed by atoms with Crippen LogP contribution in [0.4, 0.5) is 5.13 Å². The van der Waals surface area contributed by atoms with Crippen molar-refractivity contribution in [3.63, 3.8) is 0 Å². The van der Waals surface area contributed by atoms with Crippen molar-refractivity contribution in [1.82, 2.24) is 9.88 Å². The van der Waals surface area contributed by atoms with Gasteiger partial charge in [-0.05, 0) is 26.4 Å². The van der Waals surface area contributed by atoms with E-state index < -0.39 is 0 Å². The number of aliphatic hydroxyl groups is 1. The summed E-state index contributed by atoms with van der Waals surface area (Å²) in [4.78, 5) is 9.59. The third kappa shape index (κ3) is 2.91. The van der Waals surface area contributed by atoms with Gasteiger partial charge in [-0.25, -0.2) is 4.98 Å². The van der Waals surface area contributed by atoms with Gasteiger partial charge in [0.15, 0.2) is 5.13 Å². The lowest BCUT2D eigenvalue weighted by Gasteiger charge is -2.35. The number of aliphatic hydroxyl groups excluding tert-OH is 1. The molecule has 4 nitrogen and oxygen atoms in total. The van der Waals surface area contributed by atoms with E-state index in [0.717, 1.165) is 16.6 Å². The number of likely N-dealkylation sites (N-methyl/N-ethyl adjacent to an activating group) is 2. The minimum absolute atomic E-state index is 0.0328. The van der Waals surface area contributed by atoms with Crippen LogP contribution in [0.3, 0.4) is 0 Å². The van der Waals surface area contributed by atoms with Crippen LogP contribution in [-0.4, -0.2) is 48.2 Å². The average Bonchev–Trinajstić information content (AvgIpc) is 2.69. The first-order valence-corrected chi connectivity index (χ1v) is 6.98. The maximum Gasteiger partial charge on any atom is 0.187 e. The molecule has 0 aliphatic carbocycles. The van der Waals surface area contributed by atoms with Crippen LogP contribution >= 0.6 is 22.9 Å². The number of aromatic nitrogens is 1. The monoisotopic (exact) mass is 275 g/mol. The number of hydrogen-bond donors (Lipinski definition) is 1. The summed E-state index contributed by atoms with van der Waals surface area (Å²) >= 11 is 7.44. The predicted molar refractivity (Wildman–Crippen MR) is 72.0 cm³/mol. The normalized spacial score (nSPS) is 21.8. The van der Waals surface area contributed by atoms with Gasteiger partial charge in [0.1, 0.15) is 5.15 Å². The van der Waals surface area contributed by atoms with E-state index in [1.165, 1.54) is 30.7 Å². The second-order valence-corrected chi connectivity index (χ2v) is 5.96. The molecule has 1 saturated heterocycles. The summed E-state index contributed by atoms with van der Waals surface area (Å²) in [6.07, 6.45) is 2.41. The van der Waals surface area contributed by atoms with Gasteiger partial charge in [-0.1, -0.05) is 22.9 Å². The molecule has 1 atom stereocenters. The SMILES string of the molecule is CN1CCCC(N(C)c2nc(Cl)c(CO)s2)C1. The Balaban J connectivity index is 2.09. The highest BCUT2D eigenvalue weighted by atomic mass is 35.5. The molecule has 1 N–H and O–H groups in total. The van der Waals surface area contributed by atoms with Crippen molar-refractivity contribution in [2.45, 2.75) is 25.5 Å². The Hall–Kier alpha value is -0.360. The van der Waals surface area contributed by atoms with E-state index in [1.807, 2.05) is 0 Å². The van der Waals surface area contributed by atoms with E-state index >= 15 is 0 Å². The topological polar surface area (TPSA) is 39.6 Å². The van der Waals surface area contributed by atoms with Crippen LogP contribution in [0.15, 0.2) is 0 Å². The van der Waals surface area contributed by atoms with Gasteiger partial charge in [0.05, 0.1) is 11.5 Å². The molecule has 1 fully saturated rings. The van der Waals surface area contributed by atoms with Gasteiger partial charge < -0.3 is 14.9 Å². The van der Waals surface area contributed by atoms with Crippen LogP contribution < -0.4 is 4.90 Å². The maximum absolute atomic E-state index is 9.13. The number of piperidine rings is 1. The first kappa shape index (κ1) is 13.1. The Bertz CT molecular complexity index is 385. The van der Waals surface area contributed by atoms with Crippen molar-refractivity contribution in [3.8, 4) is 0 Å². The van der Waals surface area contributed by atoms with Gasteiger partial charge in [0.2, 0.25) is 0 Å². The summed E-state index contributed by atoms with van der Waals surface area (Å²) in [5.41, 5.74) is 0. The molecule has 0 bridgehead atoms. The number of nitrogens with zero attached hydrogens (tertiary/aromatic N) is 3. The molecule has 6 heteroatoms. The van der Waals surface area contributed by atoms with Crippen molar-refractivity contribution in [3.05, 3.63) is 10.0 Å². The van der Waals surface area contributed by atoms with Crippen LogP contribution in [0.2, 0.25) is 5.15 Å². The second kappa shape index (κ2) is 5.52. The van der Waals surface area contributed by atoms with Crippen LogP contribution in [-0.2, 0) is 6.61 Å². The van der Waals surface area contributed by atoms with Gasteiger partial charge in [0, 0.05) is 19.6 Å². The van der Waals surface area contributed by atoms with Crippen LogP contribution in [0.5, 0.6) is 0 Å². The highest BCUT2D eigenvalue weighted by Gasteiger charge is 2.23. The Morgan fingerprint density at radius 2 is 2.41 bits per heavy atom. The number of anilines is 1. The zero-order chi connectivity index (χ0) is 12.4. The van der Waals surface area contributed by atoms with E-state index in [1.54, 1.807) is 0 Å². The molecule has 2 heterocycles. The smallest absolute Gasteiger partial charge is 0.187 e. The van der Waals surface area contributed by atoms with E-state index in [2.05, 4.69) is 28.9 Å². The van der Waals surface area contributed by atoms with Gasteiger partial charge in [-0.3, -0.25) is 0 Å². The largest absolute Gasteiger partial charge is 0.391 e. The third-order valence-electron chi connectivity index (χ3n) is 3.23. The number of thiazole rings is 1. The molecule has 0 radical (unpaired) electrons. The summed E-state index contributed by atoms with van der Waals surface area (Å²) in [6, 6.07) is 0.488.